The predicted octanol–water partition coefficient (Wildman–Crippen LogP) is 2.36. The molecular weight excluding hydrogens is 424 g/mol. The SMILES string of the molecule is CC(Cn1ccnc1)NS(=O)(=O)c1c(Br)cc(N)cc1Br. The number of nitrogens with zero attached hydrogens (tertiary/aromatic N) is 2. The summed E-state index contributed by atoms with van der Waals surface area (Å²) in [5.41, 5.74) is 6.15. The number of nitrogen functional groups attached to an aromatic ring is 1. The summed E-state index contributed by atoms with van der Waals surface area (Å²) in [6.45, 7) is 2.28. The molecule has 0 spiro atoms. The maximum atomic E-state index is 12.5. The standard InChI is InChI=1S/C12H14Br2N4O2S/c1-8(6-18-3-2-16-7-18)17-21(19,20)12-10(13)4-9(15)5-11(12)14/h2-5,7-8,17H,6,15H2,1H3. The molecule has 0 aliphatic carbocycles. The van der Waals surface area contributed by atoms with Gasteiger partial charge in [-0.2, -0.15) is 0 Å². The lowest BCUT2D eigenvalue weighted by atomic mass is 10.3. The fraction of sp³-hybridized carbons (Fsp3) is 0.250. The van der Waals surface area contributed by atoms with E-state index in [1.54, 1.807) is 42.3 Å². The molecule has 0 aliphatic heterocycles. The molecule has 9 heteroatoms. The first-order valence-electron chi connectivity index (χ1n) is 6.02. The van der Waals surface area contributed by atoms with Gasteiger partial charge in [-0.25, -0.2) is 18.1 Å². The summed E-state index contributed by atoms with van der Waals surface area (Å²) in [5, 5.41) is 0. The van der Waals surface area contributed by atoms with E-state index in [-0.39, 0.29) is 10.9 Å². The second-order valence-corrected chi connectivity index (χ2v) is 7.95. The third kappa shape index (κ3) is 4.06. The zero-order valence-electron chi connectivity index (χ0n) is 11.1. The highest BCUT2D eigenvalue weighted by atomic mass is 79.9. The average molecular weight is 438 g/mol. The third-order valence-electron chi connectivity index (χ3n) is 2.69. The van der Waals surface area contributed by atoms with Crippen molar-refractivity contribution in [1.82, 2.24) is 14.3 Å². The Hall–Kier alpha value is -0.900. The molecule has 0 aliphatic rings. The highest BCUT2D eigenvalue weighted by molar-refractivity contribution is 9.11. The summed E-state index contributed by atoms with van der Waals surface area (Å²) in [6.07, 6.45) is 5.06. The Kier molecular flexibility index (Phi) is 5.07. The minimum absolute atomic E-state index is 0.134. The molecule has 1 aromatic carbocycles. The van der Waals surface area contributed by atoms with E-state index in [9.17, 15) is 8.42 Å². The fourth-order valence-corrected chi connectivity index (χ4v) is 5.76. The lowest BCUT2D eigenvalue weighted by Crippen LogP contribution is -2.35. The highest BCUT2D eigenvalue weighted by Gasteiger charge is 2.23. The van der Waals surface area contributed by atoms with Crippen LogP contribution in [0.25, 0.3) is 0 Å². The van der Waals surface area contributed by atoms with Gasteiger partial charge in [0.1, 0.15) is 4.90 Å². The van der Waals surface area contributed by atoms with Crippen molar-refractivity contribution < 1.29 is 8.42 Å². The first-order valence-corrected chi connectivity index (χ1v) is 9.09. The summed E-state index contributed by atoms with van der Waals surface area (Å²) in [7, 11) is -3.67. The van der Waals surface area contributed by atoms with Crippen LogP contribution in [0.3, 0.4) is 0 Å². The predicted molar refractivity (Wildman–Crippen MR) is 88.3 cm³/mol. The van der Waals surface area contributed by atoms with Crippen LogP contribution in [-0.2, 0) is 16.6 Å². The van der Waals surface area contributed by atoms with Crippen molar-refractivity contribution in [1.29, 1.82) is 0 Å². The molecule has 0 bridgehead atoms. The summed E-state index contributed by atoms with van der Waals surface area (Å²) in [6, 6.07) is 2.82. The van der Waals surface area contributed by atoms with E-state index >= 15 is 0 Å². The largest absolute Gasteiger partial charge is 0.399 e. The van der Waals surface area contributed by atoms with Crippen LogP contribution in [-0.4, -0.2) is 24.0 Å². The van der Waals surface area contributed by atoms with Gasteiger partial charge in [0.2, 0.25) is 10.0 Å². The Labute approximate surface area is 140 Å². The van der Waals surface area contributed by atoms with Crippen LogP contribution in [0, 0.1) is 0 Å². The normalized spacial score (nSPS) is 13.3. The maximum Gasteiger partial charge on any atom is 0.243 e. The molecule has 6 nitrogen and oxygen atoms in total. The summed E-state index contributed by atoms with van der Waals surface area (Å²) in [4.78, 5) is 4.06. The molecule has 1 unspecified atom stereocenters. The fourth-order valence-electron chi connectivity index (χ4n) is 1.91. The van der Waals surface area contributed by atoms with Crippen molar-refractivity contribution in [3.63, 3.8) is 0 Å². The van der Waals surface area contributed by atoms with Gasteiger partial charge in [-0.05, 0) is 50.9 Å². The number of imidazole rings is 1. The van der Waals surface area contributed by atoms with Crippen molar-refractivity contribution in [3.8, 4) is 0 Å². The Morgan fingerprint density at radius 3 is 2.52 bits per heavy atom. The van der Waals surface area contributed by atoms with Gasteiger partial charge in [-0.3, -0.25) is 0 Å². The Morgan fingerprint density at radius 1 is 1.38 bits per heavy atom. The van der Waals surface area contributed by atoms with E-state index in [1.165, 1.54) is 0 Å². The molecule has 1 atom stereocenters. The minimum atomic E-state index is -3.67. The van der Waals surface area contributed by atoms with Crippen LogP contribution >= 0.6 is 31.9 Å². The molecule has 0 radical (unpaired) electrons. The monoisotopic (exact) mass is 436 g/mol. The van der Waals surface area contributed by atoms with E-state index in [4.69, 9.17) is 5.73 Å². The van der Waals surface area contributed by atoms with Crippen LogP contribution in [0.5, 0.6) is 0 Å². The molecule has 0 saturated carbocycles. The second kappa shape index (κ2) is 6.47. The molecule has 1 heterocycles. The van der Waals surface area contributed by atoms with E-state index in [1.807, 2.05) is 0 Å². The number of nitrogens with two attached hydrogens (primary N) is 1. The number of aromatic nitrogens is 2. The van der Waals surface area contributed by atoms with Crippen molar-refractivity contribution in [2.45, 2.75) is 24.4 Å². The number of hydrogen-bond donors (Lipinski definition) is 2. The zero-order chi connectivity index (χ0) is 15.6. The van der Waals surface area contributed by atoms with Gasteiger partial charge >= 0.3 is 0 Å². The zero-order valence-corrected chi connectivity index (χ0v) is 15.1. The quantitative estimate of drug-likeness (QED) is 0.702. The van der Waals surface area contributed by atoms with Gasteiger partial charge in [-0.1, -0.05) is 0 Å². The Balaban J connectivity index is 2.22. The van der Waals surface area contributed by atoms with Gasteiger partial charge < -0.3 is 10.3 Å². The number of nitrogens with one attached hydrogen (secondary N) is 1. The number of hydrogen-bond acceptors (Lipinski definition) is 4. The number of rotatable bonds is 5. The van der Waals surface area contributed by atoms with Crippen molar-refractivity contribution in [3.05, 3.63) is 39.8 Å². The highest BCUT2D eigenvalue weighted by Crippen LogP contribution is 2.32. The number of halogens is 2. The number of anilines is 1. The van der Waals surface area contributed by atoms with Crippen LogP contribution < -0.4 is 10.5 Å². The molecule has 0 fully saturated rings. The van der Waals surface area contributed by atoms with E-state index in [2.05, 4.69) is 41.6 Å². The van der Waals surface area contributed by atoms with Gasteiger partial charge in [0.15, 0.2) is 0 Å². The molecule has 21 heavy (non-hydrogen) atoms. The summed E-state index contributed by atoms with van der Waals surface area (Å²) >= 11 is 6.48. The molecule has 0 saturated heterocycles. The molecular formula is C12H14Br2N4O2S. The first-order chi connectivity index (χ1) is 9.79. The topological polar surface area (TPSA) is 90.0 Å². The minimum Gasteiger partial charge on any atom is -0.399 e. The second-order valence-electron chi connectivity index (χ2n) is 4.60. The van der Waals surface area contributed by atoms with Crippen molar-refractivity contribution in [2.24, 2.45) is 0 Å². The third-order valence-corrected chi connectivity index (χ3v) is 6.16. The molecule has 2 aromatic rings. The van der Waals surface area contributed by atoms with Crippen LogP contribution in [0.1, 0.15) is 6.92 Å². The van der Waals surface area contributed by atoms with Gasteiger partial charge in [-0.15, -0.1) is 0 Å². The smallest absolute Gasteiger partial charge is 0.243 e. The lowest BCUT2D eigenvalue weighted by Gasteiger charge is -2.16. The van der Waals surface area contributed by atoms with Crippen LogP contribution in [0.15, 0.2) is 44.7 Å². The molecule has 0 amide bonds. The lowest BCUT2D eigenvalue weighted by molar-refractivity contribution is 0.520. The summed E-state index contributed by atoms with van der Waals surface area (Å²) < 4.78 is 30.2. The van der Waals surface area contributed by atoms with E-state index < -0.39 is 10.0 Å². The van der Waals surface area contributed by atoms with E-state index in [0.717, 1.165) is 0 Å². The van der Waals surface area contributed by atoms with Crippen molar-refractivity contribution >= 4 is 47.6 Å². The van der Waals surface area contributed by atoms with Crippen LogP contribution in [0.2, 0.25) is 0 Å². The van der Waals surface area contributed by atoms with Gasteiger partial charge in [0, 0.05) is 39.6 Å². The molecule has 2 rings (SSSR count). The van der Waals surface area contributed by atoms with Gasteiger partial charge in [0.05, 0.1) is 6.33 Å². The first kappa shape index (κ1) is 16.5. The van der Waals surface area contributed by atoms with Crippen LogP contribution in [0.4, 0.5) is 5.69 Å². The maximum absolute atomic E-state index is 12.5. The molecule has 3 N–H and O–H groups in total. The number of sulfonamides is 1. The number of benzene rings is 1. The average Bonchev–Trinajstić information content (AvgIpc) is 2.78. The van der Waals surface area contributed by atoms with Gasteiger partial charge in [0.25, 0.3) is 0 Å². The van der Waals surface area contributed by atoms with E-state index in [0.29, 0.717) is 21.2 Å². The summed E-state index contributed by atoms with van der Waals surface area (Å²) in [5.74, 6) is 0. The Morgan fingerprint density at radius 2 is 2.00 bits per heavy atom. The molecule has 114 valence electrons. The Bertz CT molecular complexity index is 709. The van der Waals surface area contributed by atoms with Crippen molar-refractivity contribution in [2.75, 3.05) is 5.73 Å². The molecule has 1 aromatic heterocycles.